The van der Waals surface area contributed by atoms with Crippen molar-refractivity contribution < 1.29 is 0 Å². The summed E-state index contributed by atoms with van der Waals surface area (Å²) in [6, 6.07) is 0.521. The molecule has 1 heterocycles. The van der Waals surface area contributed by atoms with Gasteiger partial charge in [-0.3, -0.25) is 0 Å². The van der Waals surface area contributed by atoms with Gasteiger partial charge >= 0.3 is 0 Å². The molecule has 1 aromatic heterocycles. The Balaban J connectivity index is 2.70. The van der Waals surface area contributed by atoms with Crippen LogP contribution in [0.1, 0.15) is 39.2 Å². The second kappa shape index (κ2) is 5.31. The summed E-state index contributed by atoms with van der Waals surface area (Å²) in [6.45, 7) is 12.8. The normalized spacial score (nSPS) is 11.7. The Hall–Kier alpha value is -0.830. The van der Waals surface area contributed by atoms with Crippen molar-refractivity contribution in [1.82, 2.24) is 14.9 Å². The van der Waals surface area contributed by atoms with Gasteiger partial charge in [-0.2, -0.15) is 0 Å². The Kier molecular flexibility index (Phi) is 4.33. The van der Waals surface area contributed by atoms with Crippen LogP contribution in [0, 0.1) is 12.8 Å². The van der Waals surface area contributed by atoms with Crippen LogP contribution < -0.4 is 5.32 Å². The molecule has 1 rings (SSSR count). The molecule has 0 amide bonds. The van der Waals surface area contributed by atoms with Crippen LogP contribution in [0.15, 0.2) is 6.20 Å². The number of nitrogens with one attached hydrogen (secondary N) is 1. The molecule has 0 unspecified atom stereocenters. The summed E-state index contributed by atoms with van der Waals surface area (Å²) in [6.07, 6.45) is 1.98. The topological polar surface area (TPSA) is 29.9 Å². The van der Waals surface area contributed by atoms with Crippen LogP contribution >= 0.6 is 0 Å². The summed E-state index contributed by atoms with van der Waals surface area (Å²) in [5.74, 6) is 1.78. The van der Waals surface area contributed by atoms with E-state index in [1.54, 1.807) is 0 Å². The van der Waals surface area contributed by atoms with E-state index in [0.29, 0.717) is 12.0 Å². The van der Waals surface area contributed by atoms with Gasteiger partial charge in [0, 0.05) is 25.3 Å². The van der Waals surface area contributed by atoms with Gasteiger partial charge in [0.05, 0.1) is 5.69 Å². The minimum Gasteiger partial charge on any atom is -0.331 e. The number of aromatic nitrogens is 2. The number of aryl methyl sites for hydroxylation is 1. The van der Waals surface area contributed by atoms with E-state index < -0.39 is 0 Å². The molecule has 1 aromatic rings. The van der Waals surface area contributed by atoms with Crippen LogP contribution in [0.4, 0.5) is 0 Å². The molecule has 0 saturated carbocycles. The summed E-state index contributed by atoms with van der Waals surface area (Å²) in [4.78, 5) is 4.37. The van der Waals surface area contributed by atoms with Crippen molar-refractivity contribution in [2.75, 3.05) is 0 Å². The third-order valence-corrected chi connectivity index (χ3v) is 2.38. The Morgan fingerprint density at radius 1 is 1.33 bits per heavy atom. The number of imidazole rings is 1. The Morgan fingerprint density at radius 2 is 2.00 bits per heavy atom. The van der Waals surface area contributed by atoms with Crippen molar-refractivity contribution in [3.05, 3.63) is 17.7 Å². The van der Waals surface area contributed by atoms with Crippen molar-refractivity contribution in [3.8, 4) is 0 Å². The number of rotatable bonds is 5. The molecule has 0 aliphatic carbocycles. The summed E-state index contributed by atoms with van der Waals surface area (Å²) >= 11 is 0. The van der Waals surface area contributed by atoms with Gasteiger partial charge in [0.15, 0.2) is 0 Å². The highest BCUT2D eigenvalue weighted by Gasteiger charge is 2.07. The largest absolute Gasteiger partial charge is 0.331 e. The van der Waals surface area contributed by atoms with E-state index in [4.69, 9.17) is 0 Å². The van der Waals surface area contributed by atoms with Gasteiger partial charge in [-0.25, -0.2) is 4.98 Å². The van der Waals surface area contributed by atoms with Crippen LogP contribution in [-0.2, 0) is 13.1 Å². The lowest BCUT2D eigenvalue weighted by atomic mass is 10.2. The summed E-state index contributed by atoms with van der Waals surface area (Å²) < 4.78 is 2.31. The molecule has 0 radical (unpaired) electrons. The van der Waals surface area contributed by atoms with E-state index >= 15 is 0 Å². The number of hydrogen-bond donors (Lipinski definition) is 1. The molecule has 0 spiro atoms. The van der Waals surface area contributed by atoms with E-state index in [1.807, 2.05) is 6.20 Å². The second-order valence-corrected chi connectivity index (χ2v) is 4.84. The molecule has 0 aromatic carbocycles. The molecular formula is C12H23N3. The third kappa shape index (κ3) is 3.67. The molecule has 0 aliphatic rings. The molecule has 1 N–H and O–H groups in total. The smallest absolute Gasteiger partial charge is 0.105 e. The molecule has 0 atom stereocenters. The van der Waals surface area contributed by atoms with E-state index in [1.165, 1.54) is 5.69 Å². The predicted molar refractivity (Wildman–Crippen MR) is 63.8 cm³/mol. The molecule has 3 nitrogen and oxygen atoms in total. The molecule has 86 valence electrons. The fourth-order valence-electron chi connectivity index (χ4n) is 1.58. The third-order valence-electron chi connectivity index (χ3n) is 2.38. The van der Waals surface area contributed by atoms with E-state index in [2.05, 4.69) is 49.5 Å². The first kappa shape index (κ1) is 12.2. The Morgan fingerprint density at radius 3 is 2.53 bits per heavy atom. The fourth-order valence-corrected chi connectivity index (χ4v) is 1.58. The van der Waals surface area contributed by atoms with Gasteiger partial charge in [0.2, 0.25) is 0 Å². The summed E-state index contributed by atoms with van der Waals surface area (Å²) in [7, 11) is 0. The molecule has 3 heteroatoms. The molecule has 0 aliphatic heterocycles. The van der Waals surface area contributed by atoms with Gasteiger partial charge in [-0.15, -0.1) is 0 Å². The minimum atomic E-state index is 0.521. The zero-order valence-electron chi connectivity index (χ0n) is 10.5. The van der Waals surface area contributed by atoms with Crippen molar-refractivity contribution in [1.29, 1.82) is 0 Å². The maximum atomic E-state index is 4.37. The van der Waals surface area contributed by atoms with Crippen LogP contribution in [0.2, 0.25) is 0 Å². The molecule has 0 fully saturated rings. The van der Waals surface area contributed by atoms with E-state index in [-0.39, 0.29) is 0 Å². The average Bonchev–Trinajstić information content (AvgIpc) is 2.44. The number of nitrogens with zero attached hydrogens (tertiary/aromatic N) is 2. The van der Waals surface area contributed by atoms with Gasteiger partial charge in [0.1, 0.15) is 5.82 Å². The zero-order valence-corrected chi connectivity index (χ0v) is 10.5. The van der Waals surface area contributed by atoms with Crippen molar-refractivity contribution in [2.45, 2.75) is 53.8 Å². The average molecular weight is 209 g/mol. The maximum Gasteiger partial charge on any atom is 0.105 e. The van der Waals surface area contributed by atoms with Crippen LogP contribution in [0.3, 0.4) is 0 Å². The monoisotopic (exact) mass is 209 g/mol. The van der Waals surface area contributed by atoms with E-state index in [0.717, 1.165) is 18.9 Å². The first-order valence-electron chi connectivity index (χ1n) is 5.75. The molecule has 0 saturated heterocycles. The van der Waals surface area contributed by atoms with Gasteiger partial charge < -0.3 is 9.88 Å². The highest BCUT2D eigenvalue weighted by atomic mass is 15.1. The molecule has 15 heavy (non-hydrogen) atoms. The SMILES string of the molecule is Cc1ncc(CNC(C)C)n1CC(C)C. The van der Waals surface area contributed by atoms with Crippen LogP contribution in [0.25, 0.3) is 0 Å². The molecule has 0 bridgehead atoms. The highest BCUT2D eigenvalue weighted by molar-refractivity contribution is 5.04. The molecular weight excluding hydrogens is 186 g/mol. The Bertz CT molecular complexity index is 300. The fraction of sp³-hybridized carbons (Fsp3) is 0.750. The van der Waals surface area contributed by atoms with Crippen molar-refractivity contribution >= 4 is 0 Å². The predicted octanol–water partition coefficient (Wildman–Crippen LogP) is 2.35. The lowest BCUT2D eigenvalue weighted by molar-refractivity contribution is 0.484. The second-order valence-electron chi connectivity index (χ2n) is 4.84. The minimum absolute atomic E-state index is 0.521. The van der Waals surface area contributed by atoms with Gasteiger partial charge in [0.25, 0.3) is 0 Å². The maximum absolute atomic E-state index is 4.37. The Labute approximate surface area is 92.9 Å². The van der Waals surface area contributed by atoms with Crippen LogP contribution in [-0.4, -0.2) is 15.6 Å². The number of hydrogen-bond acceptors (Lipinski definition) is 2. The summed E-state index contributed by atoms with van der Waals surface area (Å²) in [5, 5.41) is 3.43. The van der Waals surface area contributed by atoms with Crippen molar-refractivity contribution in [2.24, 2.45) is 5.92 Å². The first-order valence-corrected chi connectivity index (χ1v) is 5.75. The first-order chi connectivity index (χ1) is 7.00. The van der Waals surface area contributed by atoms with Gasteiger partial charge in [-0.1, -0.05) is 27.7 Å². The van der Waals surface area contributed by atoms with Crippen molar-refractivity contribution in [3.63, 3.8) is 0 Å². The lowest BCUT2D eigenvalue weighted by Crippen LogP contribution is -2.24. The summed E-state index contributed by atoms with van der Waals surface area (Å²) in [5.41, 5.74) is 1.29. The van der Waals surface area contributed by atoms with Crippen LogP contribution in [0.5, 0.6) is 0 Å². The standard InChI is InChI=1S/C12H23N3/c1-9(2)8-15-11(5)14-7-12(15)6-13-10(3)4/h7,9-10,13H,6,8H2,1-5H3. The van der Waals surface area contributed by atoms with Gasteiger partial charge in [-0.05, 0) is 12.8 Å². The zero-order chi connectivity index (χ0) is 11.4. The van der Waals surface area contributed by atoms with E-state index in [9.17, 15) is 0 Å². The quantitative estimate of drug-likeness (QED) is 0.806. The highest BCUT2D eigenvalue weighted by Crippen LogP contribution is 2.08. The lowest BCUT2D eigenvalue weighted by Gasteiger charge is -2.14.